The van der Waals surface area contributed by atoms with E-state index in [2.05, 4.69) is 41.1 Å². The van der Waals surface area contributed by atoms with Crippen LogP contribution in [-0.2, 0) is 6.42 Å². The van der Waals surface area contributed by atoms with E-state index >= 15 is 0 Å². The number of benzene rings is 2. The number of aryl methyl sites for hydroxylation is 1. The van der Waals surface area contributed by atoms with Crippen LogP contribution in [0.1, 0.15) is 23.6 Å². The molecule has 0 aliphatic carbocycles. The van der Waals surface area contributed by atoms with Gasteiger partial charge in [-0.15, -0.1) is 0 Å². The number of rotatable bonds is 2. The third-order valence-electron chi connectivity index (χ3n) is 2.83. The molecule has 0 heterocycles. The molecule has 0 spiro atoms. The second-order valence-corrected chi connectivity index (χ2v) is 4.35. The molecule has 0 aromatic heterocycles. The van der Waals surface area contributed by atoms with E-state index in [1.807, 2.05) is 24.3 Å². The molecule has 0 N–H and O–H groups in total. The number of hydrogen-bond donors (Lipinski definition) is 0. The van der Waals surface area contributed by atoms with Gasteiger partial charge in [-0.05, 0) is 54.5 Å². The molecule has 2 rings (SSSR count). The third-order valence-corrected chi connectivity index (χ3v) is 2.92. The van der Waals surface area contributed by atoms with Crippen molar-refractivity contribution < 1.29 is 4.39 Å². The SMILES string of the molecule is CCc1ccc(C#Cc2ccc(N=C=S)c(F)c2)cc1. The molecule has 1 nitrogen and oxygen atoms in total. The highest BCUT2D eigenvalue weighted by atomic mass is 32.1. The summed E-state index contributed by atoms with van der Waals surface area (Å²) in [6, 6.07) is 12.6. The molecule has 0 saturated carbocycles. The molecule has 0 saturated heterocycles. The second-order valence-electron chi connectivity index (χ2n) is 4.17. The summed E-state index contributed by atoms with van der Waals surface area (Å²) in [5.41, 5.74) is 2.95. The van der Waals surface area contributed by atoms with Gasteiger partial charge in [-0.3, -0.25) is 0 Å². The van der Waals surface area contributed by atoms with Gasteiger partial charge in [-0.25, -0.2) is 4.39 Å². The van der Waals surface area contributed by atoms with Crippen molar-refractivity contribution in [3.63, 3.8) is 0 Å². The van der Waals surface area contributed by atoms with Gasteiger partial charge in [0.15, 0.2) is 5.82 Å². The van der Waals surface area contributed by atoms with Gasteiger partial charge in [0, 0.05) is 11.1 Å². The Morgan fingerprint density at radius 1 is 1.05 bits per heavy atom. The standard InChI is InChI=1S/C17H12FNS/c1-2-13-3-5-14(6-4-13)7-8-15-9-10-17(19-12-20)16(18)11-15/h3-6,9-11H,2H2,1H3. The zero-order valence-corrected chi connectivity index (χ0v) is 11.8. The summed E-state index contributed by atoms with van der Waals surface area (Å²) in [4.78, 5) is 3.63. The lowest BCUT2D eigenvalue weighted by Gasteiger charge is -1.96. The molecule has 2 aromatic rings. The van der Waals surface area contributed by atoms with Gasteiger partial charge < -0.3 is 0 Å². The van der Waals surface area contributed by atoms with E-state index in [9.17, 15) is 4.39 Å². The van der Waals surface area contributed by atoms with Gasteiger partial charge >= 0.3 is 0 Å². The fraction of sp³-hybridized carbons (Fsp3) is 0.118. The van der Waals surface area contributed by atoms with Crippen LogP contribution in [0.3, 0.4) is 0 Å². The van der Waals surface area contributed by atoms with Crippen molar-refractivity contribution in [3.05, 3.63) is 65.0 Å². The predicted octanol–water partition coefficient (Wildman–Crippen LogP) is 4.52. The Morgan fingerprint density at radius 2 is 1.70 bits per heavy atom. The minimum Gasteiger partial charge on any atom is -0.205 e. The summed E-state index contributed by atoms with van der Waals surface area (Å²) in [5, 5.41) is 2.15. The average molecular weight is 281 g/mol. The normalized spacial score (nSPS) is 9.30. The van der Waals surface area contributed by atoms with E-state index < -0.39 is 5.82 Å². The quantitative estimate of drug-likeness (QED) is 0.448. The molecule has 0 fully saturated rings. The van der Waals surface area contributed by atoms with E-state index in [0.29, 0.717) is 5.56 Å². The molecular weight excluding hydrogens is 269 g/mol. The molecule has 0 amide bonds. The summed E-state index contributed by atoms with van der Waals surface area (Å²) >= 11 is 4.45. The van der Waals surface area contributed by atoms with Gasteiger partial charge in [-0.2, -0.15) is 4.99 Å². The molecule has 0 aliphatic heterocycles. The highest BCUT2D eigenvalue weighted by Crippen LogP contribution is 2.17. The van der Waals surface area contributed by atoms with E-state index in [-0.39, 0.29) is 5.69 Å². The van der Waals surface area contributed by atoms with Crippen molar-refractivity contribution >= 4 is 23.1 Å². The van der Waals surface area contributed by atoms with Crippen LogP contribution in [0, 0.1) is 17.7 Å². The topological polar surface area (TPSA) is 12.4 Å². The van der Waals surface area contributed by atoms with Crippen molar-refractivity contribution in [1.82, 2.24) is 0 Å². The van der Waals surface area contributed by atoms with Crippen LogP contribution >= 0.6 is 12.2 Å². The molecule has 0 radical (unpaired) electrons. The van der Waals surface area contributed by atoms with Gasteiger partial charge in [0.2, 0.25) is 0 Å². The number of aliphatic imine (C=N–C) groups is 1. The predicted molar refractivity (Wildman–Crippen MR) is 82.9 cm³/mol. The molecule has 2 aromatic carbocycles. The van der Waals surface area contributed by atoms with Crippen molar-refractivity contribution in [1.29, 1.82) is 0 Å². The lowest BCUT2D eigenvalue weighted by atomic mass is 10.1. The van der Waals surface area contributed by atoms with Gasteiger partial charge in [0.1, 0.15) is 5.69 Å². The first kappa shape index (κ1) is 14.1. The smallest absolute Gasteiger partial charge is 0.150 e. The largest absolute Gasteiger partial charge is 0.205 e. The maximum absolute atomic E-state index is 13.6. The van der Waals surface area contributed by atoms with E-state index in [4.69, 9.17) is 0 Å². The number of isothiocyanates is 1. The fourth-order valence-corrected chi connectivity index (χ4v) is 1.79. The van der Waals surface area contributed by atoms with Crippen LogP contribution in [0.5, 0.6) is 0 Å². The molecular formula is C17H12FNS. The van der Waals surface area contributed by atoms with E-state index in [1.165, 1.54) is 11.6 Å². The Balaban J connectivity index is 2.23. The molecule has 0 bridgehead atoms. The Bertz CT molecular complexity index is 717. The van der Waals surface area contributed by atoms with Crippen LogP contribution in [0.4, 0.5) is 10.1 Å². The highest BCUT2D eigenvalue weighted by molar-refractivity contribution is 7.78. The molecule has 0 unspecified atom stereocenters. The van der Waals surface area contributed by atoms with Gasteiger partial charge in [0.05, 0.1) is 5.16 Å². The number of hydrogen-bond acceptors (Lipinski definition) is 2. The van der Waals surface area contributed by atoms with Gasteiger partial charge in [0.25, 0.3) is 0 Å². The summed E-state index contributed by atoms with van der Waals surface area (Å²) in [5.74, 6) is 5.49. The molecule has 0 atom stereocenters. The average Bonchev–Trinajstić information content (AvgIpc) is 2.48. The molecule has 0 aliphatic rings. The Hall–Kier alpha value is -2.27. The zero-order chi connectivity index (χ0) is 14.4. The van der Waals surface area contributed by atoms with E-state index in [1.54, 1.807) is 12.1 Å². The molecule has 3 heteroatoms. The molecule has 98 valence electrons. The van der Waals surface area contributed by atoms with Crippen LogP contribution < -0.4 is 0 Å². The fourth-order valence-electron chi connectivity index (χ4n) is 1.69. The highest BCUT2D eigenvalue weighted by Gasteiger charge is 2.00. The van der Waals surface area contributed by atoms with Crippen molar-refractivity contribution in [2.75, 3.05) is 0 Å². The van der Waals surface area contributed by atoms with Crippen molar-refractivity contribution in [2.24, 2.45) is 4.99 Å². The lowest BCUT2D eigenvalue weighted by molar-refractivity contribution is 0.629. The minimum absolute atomic E-state index is 0.179. The maximum Gasteiger partial charge on any atom is 0.150 e. The van der Waals surface area contributed by atoms with Crippen LogP contribution in [-0.4, -0.2) is 5.16 Å². The first-order chi connectivity index (χ1) is 9.72. The summed E-state index contributed by atoms with van der Waals surface area (Å²) in [6.07, 6.45) is 1.00. The van der Waals surface area contributed by atoms with E-state index in [0.717, 1.165) is 12.0 Å². The number of nitrogens with zero attached hydrogens (tertiary/aromatic N) is 1. The Morgan fingerprint density at radius 3 is 2.30 bits per heavy atom. The molecule has 20 heavy (non-hydrogen) atoms. The monoisotopic (exact) mass is 281 g/mol. The van der Waals surface area contributed by atoms with Gasteiger partial charge in [-0.1, -0.05) is 30.9 Å². The van der Waals surface area contributed by atoms with Crippen LogP contribution in [0.2, 0.25) is 0 Å². The maximum atomic E-state index is 13.6. The first-order valence-electron chi connectivity index (χ1n) is 6.21. The minimum atomic E-state index is -0.449. The Kier molecular flexibility index (Phi) is 4.79. The zero-order valence-electron chi connectivity index (χ0n) is 11.0. The second kappa shape index (κ2) is 6.77. The van der Waals surface area contributed by atoms with Crippen molar-refractivity contribution in [2.45, 2.75) is 13.3 Å². The number of halogens is 1. The first-order valence-corrected chi connectivity index (χ1v) is 6.62. The summed E-state index contributed by atoms with van der Waals surface area (Å²) < 4.78 is 13.6. The van der Waals surface area contributed by atoms with Crippen molar-refractivity contribution in [3.8, 4) is 11.8 Å². The van der Waals surface area contributed by atoms with Crippen LogP contribution in [0.15, 0.2) is 47.5 Å². The third kappa shape index (κ3) is 3.61. The summed E-state index contributed by atoms with van der Waals surface area (Å²) in [7, 11) is 0. The summed E-state index contributed by atoms with van der Waals surface area (Å²) in [6.45, 7) is 2.10. The lowest BCUT2D eigenvalue weighted by Crippen LogP contribution is -1.82. The number of thiocarbonyl (C=S) groups is 1. The Labute approximate surface area is 123 Å². The van der Waals surface area contributed by atoms with Crippen LogP contribution in [0.25, 0.3) is 0 Å².